The van der Waals surface area contributed by atoms with Crippen LogP contribution in [0.15, 0.2) is 23.0 Å². The maximum Gasteiger partial charge on any atom is 0.307 e. The van der Waals surface area contributed by atoms with Gasteiger partial charge in [0, 0.05) is 6.54 Å². The van der Waals surface area contributed by atoms with E-state index >= 15 is 0 Å². The van der Waals surface area contributed by atoms with Crippen molar-refractivity contribution in [1.82, 2.24) is 9.78 Å². The Kier molecular flexibility index (Phi) is 2.52. The number of carbonyl (C=O) groups is 1. The Bertz CT molecular complexity index is 595. The molecule has 2 rings (SSSR count). The normalized spacial score (nSPS) is 10.8. The van der Waals surface area contributed by atoms with E-state index in [0.717, 1.165) is 5.52 Å². The highest BCUT2D eigenvalue weighted by Crippen LogP contribution is 2.11. The van der Waals surface area contributed by atoms with E-state index in [9.17, 15) is 9.59 Å². The molecule has 0 radical (unpaired) electrons. The molecule has 0 unspecified atom stereocenters. The fourth-order valence-corrected chi connectivity index (χ4v) is 1.71. The van der Waals surface area contributed by atoms with E-state index in [1.165, 1.54) is 4.68 Å². The Hall–Kier alpha value is -2.04. The van der Waals surface area contributed by atoms with Gasteiger partial charge in [0.05, 0.1) is 17.3 Å². The lowest BCUT2D eigenvalue weighted by atomic mass is 10.1. The minimum atomic E-state index is -0.897. The van der Waals surface area contributed by atoms with Crippen molar-refractivity contribution in [2.45, 2.75) is 19.9 Å². The lowest BCUT2D eigenvalue weighted by molar-refractivity contribution is -0.136. The number of carboxylic acid groups (broad SMARTS) is 1. The van der Waals surface area contributed by atoms with Crippen LogP contribution in [0.5, 0.6) is 0 Å². The van der Waals surface area contributed by atoms with Crippen molar-refractivity contribution in [2.75, 3.05) is 0 Å². The van der Waals surface area contributed by atoms with Crippen LogP contribution < -0.4 is 5.56 Å². The molecule has 2 N–H and O–H groups in total. The molecule has 0 spiro atoms. The molecular weight excluding hydrogens is 208 g/mol. The molecule has 0 aliphatic rings. The van der Waals surface area contributed by atoms with E-state index in [0.29, 0.717) is 17.5 Å². The monoisotopic (exact) mass is 220 g/mol. The first-order valence-electron chi connectivity index (χ1n) is 5.05. The summed E-state index contributed by atoms with van der Waals surface area (Å²) in [4.78, 5) is 22.3. The molecule has 16 heavy (non-hydrogen) atoms. The number of nitrogens with zero attached hydrogens (tertiary/aromatic N) is 1. The van der Waals surface area contributed by atoms with Crippen molar-refractivity contribution < 1.29 is 9.90 Å². The number of fused-ring (bicyclic) bond motifs is 1. The molecule has 0 saturated carbocycles. The number of rotatable bonds is 3. The van der Waals surface area contributed by atoms with Crippen LogP contribution in [0, 0.1) is 0 Å². The summed E-state index contributed by atoms with van der Waals surface area (Å²) in [6.07, 6.45) is -0.0628. The summed E-state index contributed by atoms with van der Waals surface area (Å²) in [7, 11) is 0. The smallest absolute Gasteiger partial charge is 0.307 e. The zero-order valence-electron chi connectivity index (χ0n) is 8.86. The van der Waals surface area contributed by atoms with Gasteiger partial charge in [-0.05, 0) is 24.6 Å². The highest BCUT2D eigenvalue weighted by molar-refractivity contribution is 5.80. The van der Waals surface area contributed by atoms with Crippen LogP contribution in [-0.4, -0.2) is 20.9 Å². The molecule has 2 aromatic rings. The Morgan fingerprint density at radius 2 is 2.25 bits per heavy atom. The van der Waals surface area contributed by atoms with Crippen molar-refractivity contribution in [2.24, 2.45) is 0 Å². The topological polar surface area (TPSA) is 75.1 Å². The zero-order valence-corrected chi connectivity index (χ0v) is 8.86. The Balaban J connectivity index is 2.56. The van der Waals surface area contributed by atoms with E-state index in [1.807, 2.05) is 6.92 Å². The number of benzene rings is 1. The molecule has 0 aliphatic heterocycles. The number of aromatic amines is 1. The van der Waals surface area contributed by atoms with Crippen LogP contribution in [-0.2, 0) is 17.8 Å². The lowest BCUT2D eigenvalue weighted by Gasteiger charge is -1.95. The summed E-state index contributed by atoms with van der Waals surface area (Å²) in [5.41, 5.74) is 1.27. The molecular formula is C11H12N2O3. The predicted octanol–water partition coefficient (Wildman–Crippen LogP) is 0.977. The van der Waals surface area contributed by atoms with Gasteiger partial charge in [0.2, 0.25) is 0 Å². The summed E-state index contributed by atoms with van der Waals surface area (Å²) in [5.74, 6) is -0.897. The maximum absolute atomic E-state index is 11.8. The number of aliphatic carboxylic acids is 1. The van der Waals surface area contributed by atoms with E-state index in [4.69, 9.17) is 5.11 Å². The first-order valence-corrected chi connectivity index (χ1v) is 5.05. The number of aromatic nitrogens is 2. The second-order valence-corrected chi connectivity index (χ2v) is 3.61. The largest absolute Gasteiger partial charge is 0.481 e. The number of aryl methyl sites for hydroxylation is 1. The highest BCUT2D eigenvalue weighted by Gasteiger charge is 2.07. The fourth-order valence-electron chi connectivity index (χ4n) is 1.71. The molecule has 1 aromatic heterocycles. The van der Waals surface area contributed by atoms with Crippen LogP contribution >= 0.6 is 0 Å². The zero-order chi connectivity index (χ0) is 11.7. The quantitative estimate of drug-likeness (QED) is 0.809. The Morgan fingerprint density at radius 1 is 1.50 bits per heavy atom. The minimum absolute atomic E-state index is 0.0628. The summed E-state index contributed by atoms with van der Waals surface area (Å²) >= 11 is 0. The average Bonchev–Trinajstić information content (AvgIpc) is 2.55. The van der Waals surface area contributed by atoms with E-state index < -0.39 is 5.97 Å². The van der Waals surface area contributed by atoms with Crippen LogP contribution in [0.2, 0.25) is 0 Å². The molecule has 0 bridgehead atoms. The van der Waals surface area contributed by atoms with Crippen molar-refractivity contribution in [1.29, 1.82) is 0 Å². The number of H-pyrrole nitrogens is 1. The Morgan fingerprint density at radius 3 is 2.88 bits per heavy atom. The molecule has 0 amide bonds. The van der Waals surface area contributed by atoms with Gasteiger partial charge in [0.1, 0.15) is 0 Å². The molecule has 84 valence electrons. The van der Waals surface area contributed by atoms with Gasteiger partial charge in [0.25, 0.3) is 5.56 Å². The first kappa shape index (κ1) is 10.5. The SMILES string of the molecule is CCn1[nH]c2ccc(CC(=O)O)cc2c1=O. The molecule has 0 saturated heterocycles. The van der Waals surface area contributed by atoms with Crippen LogP contribution in [0.4, 0.5) is 0 Å². The third-order valence-corrected chi connectivity index (χ3v) is 2.49. The standard InChI is InChI=1S/C11H12N2O3/c1-2-13-11(16)8-5-7(6-10(14)15)3-4-9(8)12-13/h3-5,12H,2,6H2,1H3,(H,14,15). The second-order valence-electron chi connectivity index (χ2n) is 3.61. The van der Waals surface area contributed by atoms with E-state index in [1.54, 1.807) is 18.2 Å². The van der Waals surface area contributed by atoms with Crippen molar-refractivity contribution in [3.8, 4) is 0 Å². The molecule has 0 aliphatic carbocycles. The molecule has 1 aromatic carbocycles. The first-order chi connectivity index (χ1) is 7.61. The lowest BCUT2D eigenvalue weighted by Crippen LogP contribution is -2.14. The van der Waals surface area contributed by atoms with Gasteiger partial charge in [-0.15, -0.1) is 0 Å². The van der Waals surface area contributed by atoms with Gasteiger partial charge in [-0.25, -0.2) is 0 Å². The van der Waals surface area contributed by atoms with Crippen molar-refractivity contribution in [3.63, 3.8) is 0 Å². The average molecular weight is 220 g/mol. The second kappa shape index (κ2) is 3.84. The third-order valence-electron chi connectivity index (χ3n) is 2.49. The van der Waals surface area contributed by atoms with Crippen molar-refractivity contribution >= 4 is 16.9 Å². The van der Waals surface area contributed by atoms with Gasteiger partial charge in [-0.1, -0.05) is 6.07 Å². The predicted molar refractivity (Wildman–Crippen MR) is 59.6 cm³/mol. The van der Waals surface area contributed by atoms with Gasteiger partial charge in [-0.2, -0.15) is 0 Å². The molecule has 0 fully saturated rings. The maximum atomic E-state index is 11.8. The van der Waals surface area contributed by atoms with Gasteiger partial charge in [0.15, 0.2) is 0 Å². The van der Waals surface area contributed by atoms with Crippen LogP contribution in [0.3, 0.4) is 0 Å². The van der Waals surface area contributed by atoms with Crippen molar-refractivity contribution in [3.05, 3.63) is 34.1 Å². The van der Waals surface area contributed by atoms with E-state index in [2.05, 4.69) is 5.10 Å². The summed E-state index contributed by atoms with van der Waals surface area (Å²) in [5, 5.41) is 12.2. The number of hydrogen-bond donors (Lipinski definition) is 2. The molecule has 5 nitrogen and oxygen atoms in total. The van der Waals surface area contributed by atoms with E-state index in [-0.39, 0.29) is 12.0 Å². The number of carboxylic acids is 1. The number of nitrogens with one attached hydrogen (secondary N) is 1. The number of hydrogen-bond acceptors (Lipinski definition) is 2. The summed E-state index contributed by atoms with van der Waals surface area (Å²) < 4.78 is 1.50. The fraction of sp³-hybridized carbons (Fsp3) is 0.273. The molecule has 1 heterocycles. The Labute approximate surface area is 91.3 Å². The van der Waals surface area contributed by atoms with Crippen LogP contribution in [0.1, 0.15) is 12.5 Å². The highest BCUT2D eigenvalue weighted by atomic mass is 16.4. The molecule has 5 heteroatoms. The van der Waals surface area contributed by atoms with Gasteiger partial charge < -0.3 is 5.11 Å². The summed E-state index contributed by atoms with van der Waals surface area (Å²) in [6, 6.07) is 5.09. The molecule has 0 atom stereocenters. The van der Waals surface area contributed by atoms with Gasteiger partial charge >= 0.3 is 5.97 Å². The summed E-state index contributed by atoms with van der Waals surface area (Å²) in [6.45, 7) is 2.44. The third kappa shape index (κ3) is 1.71. The van der Waals surface area contributed by atoms with Gasteiger partial charge in [-0.3, -0.25) is 19.4 Å². The minimum Gasteiger partial charge on any atom is -0.481 e. The van der Waals surface area contributed by atoms with Crippen LogP contribution in [0.25, 0.3) is 10.9 Å².